The average Bonchev–Trinajstić information content (AvgIpc) is 3.32. The number of methoxy groups -OCH3 is 3. The largest absolute Gasteiger partial charge is 0.495 e. The first-order chi connectivity index (χ1) is 14.9. The van der Waals surface area contributed by atoms with Crippen LogP contribution >= 0.6 is 0 Å². The number of non-ortho nitro benzene ring substituents is 1. The molecule has 11 heteroatoms. The molecule has 2 aliphatic heterocycles. The predicted octanol–water partition coefficient (Wildman–Crippen LogP) is 1.91. The minimum Gasteiger partial charge on any atom is -0.495 e. The highest BCUT2D eigenvalue weighted by molar-refractivity contribution is 6.33. The molecule has 4 rings (SSSR count). The zero-order valence-corrected chi connectivity index (χ0v) is 16.7. The van der Waals surface area contributed by atoms with Crippen LogP contribution in [0, 0.1) is 16.0 Å². The number of rotatable bonds is 6. The quantitative estimate of drug-likeness (QED) is 0.388. The Kier molecular flexibility index (Phi) is 4.93. The van der Waals surface area contributed by atoms with E-state index in [2.05, 4.69) is 5.16 Å². The summed E-state index contributed by atoms with van der Waals surface area (Å²) in [5.41, 5.74) is 0.440. The molecule has 0 aliphatic carbocycles. The Balaban J connectivity index is 1.74. The van der Waals surface area contributed by atoms with Gasteiger partial charge in [-0.05, 0) is 24.3 Å². The van der Waals surface area contributed by atoms with Crippen LogP contribution in [0.3, 0.4) is 0 Å². The van der Waals surface area contributed by atoms with E-state index in [1.54, 1.807) is 18.2 Å². The minimum atomic E-state index is -1.18. The summed E-state index contributed by atoms with van der Waals surface area (Å²) in [6, 6.07) is 8.60. The fraction of sp³-hybridized carbons (Fsp3) is 0.250. The van der Waals surface area contributed by atoms with Gasteiger partial charge in [0.15, 0.2) is 11.5 Å². The zero-order valence-electron chi connectivity index (χ0n) is 16.7. The van der Waals surface area contributed by atoms with Crippen LogP contribution in [0.15, 0.2) is 41.6 Å². The molecule has 0 saturated carbocycles. The second-order valence-electron chi connectivity index (χ2n) is 6.68. The predicted molar refractivity (Wildman–Crippen MR) is 107 cm³/mol. The third kappa shape index (κ3) is 3.10. The second-order valence-corrected chi connectivity index (χ2v) is 6.68. The summed E-state index contributed by atoms with van der Waals surface area (Å²) < 4.78 is 15.7. The Labute approximate surface area is 175 Å². The molecular weight excluding hydrogens is 410 g/mol. The van der Waals surface area contributed by atoms with Crippen molar-refractivity contribution in [2.24, 2.45) is 11.1 Å². The van der Waals surface area contributed by atoms with Crippen LogP contribution in [0.1, 0.15) is 5.56 Å². The van der Waals surface area contributed by atoms with E-state index in [4.69, 9.17) is 19.0 Å². The standard InChI is InChI=1S/C20H17N3O8/c1-28-13-7-5-11(23(26)27)9-12(13)22-19(24)16-17(21-31-18(16)20(22)25)10-4-6-14(29-2)15(8-10)30-3/h4-9,16,18H,1-3H3/t16-,18+/m0/s1. The number of carbonyl (C=O) groups is 2. The highest BCUT2D eigenvalue weighted by Crippen LogP contribution is 2.41. The molecule has 2 aromatic rings. The molecule has 0 spiro atoms. The third-order valence-corrected chi connectivity index (χ3v) is 5.11. The van der Waals surface area contributed by atoms with E-state index in [-0.39, 0.29) is 22.8 Å². The lowest BCUT2D eigenvalue weighted by Gasteiger charge is -2.18. The fourth-order valence-corrected chi connectivity index (χ4v) is 3.62. The van der Waals surface area contributed by atoms with Gasteiger partial charge in [-0.15, -0.1) is 0 Å². The Hall–Kier alpha value is -4.15. The first-order valence-corrected chi connectivity index (χ1v) is 9.07. The number of hydrogen-bond acceptors (Lipinski definition) is 9. The van der Waals surface area contributed by atoms with Gasteiger partial charge in [-0.1, -0.05) is 5.16 Å². The van der Waals surface area contributed by atoms with Crippen LogP contribution in [-0.2, 0) is 14.4 Å². The highest BCUT2D eigenvalue weighted by atomic mass is 16.7. The van der Waals surface area contributed by atoms with Crippen molar-refractivity contribution >= 4 is 28.9 Å². The molecule has 0 bridgehead atoms. The van der Waals surface area contributed by atoms with Crippen molar-refractivity contribution in [2.45, 2.75) is 6.10 Å². The molecule has 2 atom stereocenters. The van der Waals surface area contributed by atoms with E-state index >= 15 is 0 Å². The summed E-state index contributed by atoms with van der Waals surface area (Å²) in [6.45, 7) is 0. The Bertz CT molecular complexity index is 1130. The van der Waals surface area contributed by atoms with Crippen molar-refractivity contribution in [3.63, 3.8) is 0 Å². The molecule has 0 radical (unpaired) electrons. The normalized spacial score (nSPS) is 19.6. The molecule has 2 aliphatic rings. The van der Waals surface area contributed by atoms with Crippen LogP contribution in [0.2, 0.25) is 0 Å². The number of nitro groups is 1. The van der Waals surface area contributed by atoms with E-state index in [9.17, 15) is 19.7 Å². The molecule has 1 saturated heterocycles. The third-order valence-electron chi connectivity index (χ3n) is 5.11. The van der Waals surface area contributed by atoms with Gasteiger partial charge >= 0.3 is 0 Å². The number of benzene rings is 2. The molecule has 11 nitrogen and oxygen atoms in total. The van der Waals surface area contributed by atoms with E-state index < -0.39 is 28.8 Å². The van der Waals surface area contributed by atoms with Crippen molar-refractivity contribution in [1.29, 1.82) is 0 Å². The maximum Gasteiger partial charge on any atom is 0.279 e. The number of oxime groups is 1. The maximum absolute atomic E-state index is 13.3. The number of amides is 2. The lowest BCUT2D eigenvalue weighted by Crippen LogP contribution is -2.33. The molecule has 0 N–H and O–H groups in total. The number of ether oxygens (including phenoxy) is 3. The monoisotopic (exact) mass is 427 g/mol. The molecule has 160 valence electrons. The van der Waals surface area contributed by atoms with Gasteiger partial charge in [-0.25, -0.2) is 4.90 Å². The van der Waals surface area contributed by atoms with Crippen LogP contribution in [0.4, 0.5) is 11.4 Å². The number of nitro benzene ring substituents is 1. The summed E-state index contributed by atoms with van der Waals surface area (Å²) >= 11 is 0. The van der Waals surface area contributed by atoms with Gasteiger partial charge in [0.05, 0.1) is 26.3 Å². The van der Waals surface area contributed by atoms with E-state index in [1.807, 2.05) is 0 Å². The number of carbonyl (C=O) groups excluding carboxylic acids is 2. The van der Waals surface area contributed by atoms with E-state index in [0.29, 0.717) is 17.1 Å². The lowest BCUT2D eigenvalue weighted by atomic mass is 9.94. The number of hydrogen-bond donors (Lipinski definition) is 0. The fourth-order valence-electron chi connectivity index (χ4n) is 3.62. The average molecular weight is 427 g/mol. The van der Waals surface area contributed by atoms with Crippen molar-refractivity contribution < 1.29 is 33.6 Å². The molecule has 2 heterocycles. The first-order valence-electron chi connectivity index (χ1n) is 9.07. The minimum absolute atomic E-state index is 0.0311. The van der Waals surface area contributed by atoms with Crippen LogP contribution in [0.25, 0.3) is 0 Å². The van der Waals surface area contributed by atoms with Gasteiger partial charge in [-0.2, -0.15) is 0 Å². The Morgan fingerprint density at radius 2 is 1.65 bits per heavy atom. The van der Waals surface area contributed by atoms with Gasteiger partial charge in [-0.3, -0.25) is 19.7 Å². The van der Waals surface area contributed by atoms with Gasteiger partial charge in [0.1, 0.15) is 23.1 Å². The Morgan fingerprint density at radius 3 is 2.29 bits per heavy atom. The van der Waals surface area contributed by atoms with Crippen molar-refractivity contribution in [3.8, 4) is 17.2 Å². The summed E-state index contributed by atoms with van der Waals surface area (Å²) in [4.78, 5) is 43.0. The topological polar surface area (TPSA) is 130 Å². The van der Waals surface area contributed by atoms with Crippen molar-refractivity contribution in [3.05, 3.63) is 52.1 Å². The van der Waals surface area contributed by atoms with Crippen LogP contribution < -0.4 is 19.1 Å². The van der Waals surface area contributed by atoms with Crippen molar-refractivity contribution in [2.75, 3.05) is 26.2 Å². The molecule has 2 amide bonds. The number of fused-ring (bicyclic) bond motifs is 1. The summed E-state index contributed by atoms with van der Waals surface area (Å²) in [6.07, 6.45) is -1.18. The zero-order chi connectivity index (χ0) is 22.3. The van der Waals surface area contributed by atoms with Crippen molar-refractivity contribution in [1.82, 2.24) is 0 Å². The Morgan fingerprint density at radius 1 is 0.968 bits per heavy atom. The lowest BCUT2D eigenvalue weighted by molar-refractivity contribution is -0.384. The summed E-state index contributed by atoms with van der Waals surface area (Å²) in [5.74, 6) is -1.29. The molecular formula is C20H17N3O8. The number of nitrogens with zero attached hydrogens (tertiary/aromatic N) is 3. The van der Waals surface area contributed by atoms with E-state index in [0.717, 1.165) is 11.0 Å². The summed E-state index contributed by atoms with van der Waals surface area (Å²) in [7, 11) is 4.30. The first kappa shape index (κ1) is 20.1. The number of anilines is 1. The maximum atomic E-state index is 13.3. The van der Waals surface area contributed by atoms with Gasteiger partial charge in [0.2, 0.25) is 12.0 Å². The molecule has 2 aromatic carbocycles. The number of imide groups is 1. The molecule has 0 aromatic heterocycles. The second kappa shape index (κ2) is 7.59. The molecule has 0 unspecified atom stereocenters. The smallest absolute Gasteiger partial charge is 0.279 e. The van der Waals surface area contributed by atoms with Crippen LogP contribution in [0.5, 0.6) is 17.2 Å². The molecule has 31 heavy (non-hydrogen) atoms. The van der Waals surface area contributed by atoms with E-state index in [1.165, 1.54) is 33.5 Å². The highest BCUT2D eigenvalue weighted by Gasteiger charge is 2.56. The van der Waals surface area contributed by atoms with Gasteiger partial charge in [0, 0.05) is 17.7 Å². The van der Waals surface area contributed by atoms with Gasteiger partial charge in [0.25, 0.3) is 11.6 Å². The molecule has 1 fully saturated rings. The SMILES string of the molecule is COc1ccc(C2=NO[C@H]3C(=O)N(c4cc([N+](=O)[O-])ccc4OC)C(=O)[C@@H]23)cc1OC. The van der Waals surface area contributed by atoms with Gasteiger partial charge < -0.3 is 19.0 Å². The summed E-state index contributed by atoms with van der Waals surface area (Å²) in [5, 5.41) is 15.1. The van der Waals surface area contributed by atoms with Crippen LogP contribution in [-0.4, -0.2) is 49.9 Å².